The van der Waals surface area contributed by atoms with Crippen molar-refractivity contribution in [1.29, 1.82) is 0 Å². The van der Waals surface area contributed by atoms with Gasteiger partial charge in [0.1, 0.15) is 5.54 Å². The second-order valence-corrected chi connectivity index (χ2v) is 10.7. The van der Waals surface area contributed by atoms with E-state index in [9.17, 15) is 19.2 Å². The summed E-state index contributed by atoms with van der Waals surface area (Å²) in [6, 6.07) is 19.6. The van der Waals surface area contributed by atoms with Gasteiger partial charge in [-0.15, -0.1) is 0 Å². The monoisotopic (exact) mass is 518 g/mol. The Morgan fingerprint density at radius 3 is 2.51 bits per heavy atom. The van der Waals surface area contributed by atoms with Crippen molar-refractivity contribution >= 4 is 45.8 Å². The molecule has 1 aromatic heterocycles. The number of nitrogens with zero attached hydrogens (tertiary/aromatic N) is 1. The lowest BCUT2D eigenvalue weighted by atomic mass is 9.76. The van der Waals surface area contributed by atoms with Gasteiger partial charge in [-0.2, -0.15) is 0 Å². The van der Waals surface area contributed by atoms with Crippen molar-refractivity contribution in [2.24, 2.45) is 11.8 Å². The third-order valence-corrected chi connectivity index (χ3v) is 8.52. The predicted octanol–water partition coefficient (Wildman–Crippen LogP) is 3.85. The molecule has 7 rings (SSSR count). The number of hydrogen-bond donors (Lipinski definition) is 3. The van der Waals surface area contributed by atoms with Gasteiger partial charge in [0.25, 0.3) is 0 Å². The van der Waals surface area contributed by atoms with Gasteiger partial charge in [0.2, 0.25) is 17.7 Å². The molecule has 4 atom stereocenters. The van der Waals surface area contributed by atoms with Crippen LogP contribution in [0, 0.1) is 18.8 Å². The number of Topliss-reactive ketones (excluding diaryl/α,β-unsaturated/α-hetero) is 1. The standard InChI is InChI=1S/C31H26N4O4/c1-16-7-12-24-22(13-16)31(30(39)33-24)27-26(25(34-31)14-19-15-32-23-6-4-3-5-21(19)23)28(37)35(29(27)38)20-10-8-18(9-11-20)17(2)36/h3-13,15,25-27,32,34H,14H2,1-2H3,(H,33,39)/t25-,26+,27-,31-/m0/s1. The minimum Gasteiger partial charge on any atom is -0.361 e. The van der Waals surface area contributed by atoms with Crippen molar-refractivity contribution in [3.8, 4) is 0 Å². The van der Waals surface area contributed by atoms with E-state index in [1.165, 1.54) is 11.8 Å². The van der Waals surface area contributed by atoms with Crippen molar-refractivity contribution < 1.29 is 19.2 Å². The Labute approximate surface area is 224 Å². The number of aromatic amines is 1. The summed E-state index contributed by atoms with van der Waals surface area (Å²) in [6.45, 7) is 3.41. The quantitative estimate of drug-likeness (QED) is 0.281. The molecule has 3 aliphatic heterocycles. The van der Waals surface area contributed by atoms with E-state index >= 15 is 0 Å². The number of fused-ring (bicyclic) bond motifs is 5. The normalized spacial score (nSPS) is 25.4. The molecule has 0 bridgehead atoms. The average molecular weight is 519 g/mol. The number of H-pyrrole nitrogens is 1. The number of hydrogen-bond acceptors (Lipinski definition) is 5. The Balaban J connectivity index is 1.36. The maximum Gasteiger partial charge on any atom is 0.250 e. The molecule has 3 amide bonds. The van der Waals surface area contributed by atoms with Crippen LogP contribution in [0.1, 0.15) is 34.0 Å². The highest BCUT2D eigenvalue weighted by atomic mass is 16.2. The maximum atomic E-state index is 14.2. The molecule has 0 radical (unpaired) electrons. The number of aryl methyl sites for hydroxylation is 1. The molecule has 194 valence electrons. The van der Waals surface area contributed by atoms with E-state index in [-0.39, 0.29) is 17.6 Å². The SMILES string of the molecule is CC(=O)c1ccc(N2C(=O)[C@@H]3[C@H](Cc4c[nH]c5ccccc45)N[C@]4(C(=O)Nc5ccc(C)cc54)[C@@H]3C2=O)cc1. The Hall–Kier alpha value is -4.56. The number of carbonyl (C=O) groups excluding carboxylic acids is 4. The summed E-state index contributed by atoms with van der Waals surface area (Å²) in [5.41, 5.74) is 3.80. The maximum absolute atomic E-state index is 14.2. The number of nitrogens with one attached hydrogen (secondary N) is 3. The van der Waals surface area contributed by atoms with Crippen molar-refractivity contribution in [2.45, 2.75) is 31.8 Å². The van der Waals surface area contributed by atoms with Gasteiger partial charge in [-0.3, -0.25) is 24.5 Å². The van der Waals surface area contributed by atoms with Gasteiger partial charge < -0.3 is 10.3 Å². The second-order valence-electron chi connectivity index (χ2n) is 10.7. The molecule has 0 saturated carbocycles. The third kappa shape index (κ3) is 3.21. The number of anilines is 2. The molecule has 2 saturated heterocycles. The molecule has 0 aliphatic carbocycles. The zero-order chi connectivity index (χ0) is 27.1. The molecule has 39 heavy (non-hydrogen) atoms. The molecular formula is C31H26N4O4. The largest absolute Gasteiger partial charge is 0.361 e. The lowest BCUT2D eigenvalue weighted by molar-refractivity contribution is -0.130. The summed E-state index contributed by atoms with van der Waals surface area (Å²) < 4.78 is 0. The lowest BCUT2D eigenvalue weighted by Crippen LogP contribution is -2.53. The van der Waals surface area contributed by atoms with Crippen molar-refractivity contribution in [3.63, 3.8) is 0 Å². The van der Waals surface area contributed by atoms with Gasteiger partial charge in [0, 0.05) is 40.0 Å². The summed E-state index contributed by atoms with van der Waals surface area (Å²) in [4.78, 5) is 58.4. The average Bonchev–Trinajstić information content (AvgIpc) is 3.63. The first-order chi connectivity index (χ1) is 18.8. The summed E-state index contributed by atoms with van der Waals surface area (Å²) in [6.07, 6.45) is 2.39. The van der Waals surface area contributed by atoms with Crippen LogP contribution >= 0.6 is 0 Å². The highest BCUT2D eigenvalue weighted by Gasteiger charge is 2.70. The molecule has 8 heteroatoms. The zero-order valence-corrected chi connectivity index (χ0v) is 21.4. The topological polar surface area (TPSA) is 111 Å². The number of ketones is 1. The van der Waals surface area contributed by atoms with Gasteiger partial charge >= 0.3 is 0 Å². The molecule has 3 aromatic carbocycles. The van der Waals surface area contributed by atoms with Crippen LogP contribution in [0.4, 0.5) is 11.4 Å². The Kier molecular flexibility index (Phi) is 4.96. The molecule has 1 spiro atoms. The number of aromatic nitrogens is 1. The van der Waals surface area contributed by atoms with Gasteiger partial charge in [-0.05, 0) is 62.2 Å². The first-order valence-electron chi connectivity index (χ1n) is 13.0. The Morgan fingerprint density at radius 2 is 1.74 bits per heavy atom. The Bertz CT molecular complexity index is 1720. The number of imide groups is 1. The first-order valence-corrected chi connectivity index (χ1v) is 13.0. The van der Waals surface area contributed by atoms with Crippen LogP contribution in [0.2, 0.25) is 0 Å². The molecule has 8 nitrogen and oxygen atoms in total. The van der Waals surface area contributed by atoms with Gasteiger partial charge in [-0.1, -0.05) is 35.9 Å². The van der Waals surface area contributed by atoms with Gasteiger partial charge in [0.15, 0.2) is 5.78 Å². The summed E-state index contributed by atoms with van der Waals surface area (Å²) in [7, 11) is 0. The van der Waals surface area contributed by atoms with Crippen LogP contribution in [-0.4, -0.2) is 34.5 Å². The third-order valence-electron chi connectivity index (χ3n) is 8.52. The van der Waals surface area contributed by atoms with Crippen LogP contribution in [0.25, 0.3) is 10.9 Å². The van der Waals surface area contributed by atoms with Gasteiger partial charge in [-0.25, -0.2) is 4.90 Å². The van der Waals surface area contributed by atoms with Crippen LogP contribution < -0.4 is 15.5 Å². The van der Waals surface area contributed by atoms with E-state index in [4.69, 9.17) is 0 Å². The minimum atomic E-state index is -1.37. The Morgan fingerprint density at radius 1 is 0.974 bits per heavy atom. The smallest absolute Gasteiger partial charge is 0.250 e. The van der Waals surface area contributed by atoms with E-state index in [0.29, 0.717) is 28.9 Å². The predicted molar refractivity (Wildman–Crippen MR) is 146 cm³/mol. The highest BCUT2D eigenvalue weighted by molar-refractivity contribution is 6.26. The molecule has 3 N–H and O–H groups in total. The van der Waals surface area contributed by atoms with Crippen molar-refractivity contribution in [1.82, 2.24) is 10.3 Å². The zero-order valence-electron chi connectivity index (χ0n) is 21.4. The number of rotatable bonds is 4. The lowest BCUT2D eigenvalue weighted by Gasteiger charge is -2.29. The molecule has 3 aliphatic rings. The fourth-order valence-electron chi connectivity index (χ4n) is 6.73. The fraction of sp³-hybridized carbons (Fsp3) is 0.226. The molecule has 2 fully saturated rings. The number of carbonyl (C=O) groups is 4. The molecular weight excluding hydrogens is 492 g/mol. The minimum absolute atomic E-state index is 0.103. The van der Waals surface area contributed by atoms with Crippen LogP contribution in [0.5, 0.6) is 0 Å². The fourth-order valence-corrected chi connectivity index (χ4v) is 6.73. The number of benzene rings is 3. The highest BCUT2D eigenvalue weighted by Crippen LogP contribution is 2.54. The summed E-state index contributed by atoms with van der Waals surface area (Å²) in [5, 5.41) is 7.52. The number of amides is 3. The summed E-state index contributed by atoms with van der Waals surface area (Å²) >= 11 is 0. The van der Waals surface area contributed by atoms with E-state index in [1.54, 1.807) is 24.3 Å². The molecule has 4 heterocycles. The van der Waals surface area contributed by atoms with Crippen LogP contribution in [0.3, 0.4) is 0 Å². The second kappa shape index (κ2) is 8.22. The van der Waals surface area contributed by atoms with Crippen molar-refractivity contribution in [3.05, 3.63) is 95.2 Å². The number of para-hydroxylation sites is 1. The van der Waals surface area contributed by atoms with Crippen LogP contribution in [-0.2, 0) is 26.3 Å². The van der Waals surface area contributed by atoms with Gasteiger partial charge in [0.05, 0.1) is 17.5 Å². The van der Waals surface area contributed by atoms with Crippen molar-refractivity contribution in [2.75, 3.05) is 10.2 Å². The first kappa shape index (κ1) is 23.5. The van der Waals surface area contributed by atoms with E-state index < -0.39 is 29.3 Å². The van der Waals surface area contributed by atoms with E-state index in [2.05, 4.69) is 15.6 Å². The van der Waals surface area contributed by atoms with Crippen LogP contribution in [0.15, 0.2) is 72.9 Å². The molecule has 4 aromatic rings. The van der Waals surface area contributed by atoms with E-state index in [0.717, 1.165) is 22.0 Å². The molecule has 0 unspecified atom stereocenters. The summed E-state index contributed by atoms with van der Waals surface area (Å²) in [5.74, 6) is -2.86. The van der Waals surface area contributed by atoms with E-state index in [1.807, 2.05) is 55.6 Å².